The summed E-state index contributed by atoms with van der Waals surface area (Å²) in [7, 11) is 7.41. The molecular weight excluding hydrogens is 247 g/mol. The molecule has 0 saturated heterocycles. The van der Waals surface area contributed by atoms with Gasteiger partial charge in [0, 0.05) is 10.6 Å². The lowest BCUT2D eigenvalue weighted by atomic mass is 10.1. The van der Waals surface area contributed by atoms with Crippen molar-refractivity contribution >= 4 is 23.2 Å². The molecule has 1 rings (SSSR count). The van der Waals surface area contributed by atoms with Gasteiger partial charge in [0.05, 0.1) is 18.3 Å². The number of rotatable bonds is 4. The van der Waals surface area contributed by atoms with Crippen LogP contribution in [0.1, 0.15) is 11.7 Å². The van der Waals surface area contributed by atoms with Gasteiger partial charge in [-0.05, 0) is 33.3 Å². The molecule has 0 amide bonds. The zero-order valence-corrected chi connectivity index (χ0v) is 11.4. The number of benzene rings is 1. The highest BCUT2D eigenvalue weighted by Crippen LogP contribution is 2.36. The monoisotopic (exact) mass is 262 g/mol. The van der Waals surface area contributed by atoms with Crippen molar-refractivity contribution in [3.8, 4) is 5.75 Å². The number of methoxy groups -OCH3 is 1. The predicted molar refractivity (Wildman–Crippen MR) is 68.5 cm³/mol. The topological polar surface area (TPSA) is 24.5 Å². The largest absolute Gasteiger partial charge is 0.495 e. The third kappa shape index (κ3) is 2.80. The Kier molecular flexibility index (Phi) is 4.87. The summed E-state index contributed by atoms with van der Waals surface area (Å²) in [5.41, 5.74) is 0.924. The van der Waals surface area contributed by atoms with Crippen LogP contribution in [0.15, 0.2) is 12.1 Å². The molecule has 0 heterocycles. The van der Waals surface area contributed by atoms with E-state index in [1.54, 1.807) is 13.2 Å². The zero-order chi connectivity index (χ0) is 12.3. The normalized spacial score (nSPS) is 12.9. The molecule has 1 unspecified atom stereocenters. The van der Waals surface area contributed by atoms with E-state index in [9.17, 15) is 0 Å². The Bertz CT molecular complexity index is 369. The van der Waals surface area contributed by atoms with Gasteiger partial charge in [0.1, 0.15) is 5.75 Å². The van der Waals surface area contributed by atoms with E-state index >= 15 is 0 Å². The summed E-state index contributed by atoms with van der Waals surface area (Å²) in [5.74, 6) is 0.652. The van der Waals surface area contributed by atoms with Crippen molar-refractivity contribution in [2.24, 2.45) is 0 Å². The molecule has 0 fully saturated rings. The minimum absolute atomic E-state index is 0.00569. The van der Waals surface area contributed by atoms with Crippen molar-refractivity contribution in [1.29, 1.82) is 0 Å². The summed E-state index contributed by atoms with van der Waals surface area (Å²) in [6, 6.07) is 3.53. The molecule has 5 heteroatoms. The van der Waals surface area contributed by atoms with E-state index in [1.165, 1.54) is 0 Å². The van der Waals surface area contributed by atoms with E-state index in [-0.39, 0.29) is 6.17 Å². The lowest BCUT2D eigenvalue weighted by Gasteiger charge is -2.26. The minimum atomic E-state index is 0.00569. The summed E-state index contributed by atoms with van der Waals surface area (Å²) in [5, 5.41) is 4.30. The van der Waals surface area contributed by atoms with Gasteiger partial charge in [0.15, 0.2) is 0 Å². The van der Waals surface area contributed by atoms with Crippen LogP contribution in [0.3, 0.4) is 0 Å². The van der Waals surface area contributed by atoms with E-state index in [4.69, 9.17) is 27.9 Å². The molecule has 16 heavy (non-hydrogen) atoms. The van der Waals surface area contributed by atoms with E-state index in [1.807, 2.05) is 32.1 Å². The summed E-state index contributed by atoms with van der Waals surface area (Å²) < 4.78 is 5.31. The molecule has 90 valence electrons. The first-order valence-corrected chi connectivity index (χ1v) is 5.63. The molecule has 1 aromatic carbocycles. The Morgan fingerprint density at radius 1 is 1.31 bits per heavy atom. The van der Waals surface area contributed by atoms with Gasteiger partial charge < -0.3 is 10.1 Å². The average molecular weight is 263 g/mol. The minimum Gasteiger partial charge on any atom is -0.495 e. The van der Waals surface area contributed by atoms with Crippen LogP contribution in [0.25, 0.3) is 0 Å². The highest BCUT2D eigenvalue weighted by atomic mass is 35.5. The van der Waals surface area contributed by atoms with Crippen molar-refractivity contribution < 1.29 is 4.74 Å². The third-order valence-corrected chi connectivity index (χ3v) is 2.82. The molecule has 0 aromatic heterocycles. The Labute approximate surface area is 106 Å². The Hall–Kier alpha value is -0.480. The average Bonchev–Trinajstić information content (AvgIpc) is 2.17. The van der Waals surface area contributed by atoms with Crippen LogP contribution in [-0.4, -0.2) is 33.2 Å². The molecule has 0 saturated carbocycles. The third-order valence-electron chi connectivity index (χ3n) is 2.33. The highest BCUT2D eigenvalue weighted by molar-refractivity contribution is 6.35. The van der Waals surface area contributed by atoms with Crippen molar-refractivity contribution in [2.75, 3.05) is 28.3 Å². The fraction of sp³-hybridized carbons (Fsp3) is 0.455. The van der Waals surface area contributed by atoms with Gasteiger partial charge >= 0.3 is 0 Å². The Balaban J connectivity index is 3.29. The van der Waals surface area contributed by atoms with Crippen LogP contribution < -0.4 is 10.1 Å². The van der Waals surface area contributed by atoms with Crippen LogP contribution in [0.4, 0.5) is 0 Å². The van der Waals surface area contributed by atoms with Gasteiger partial charge in [-0.25, -0.2) is 0 Å². The Morgan fingerprint density at radius 3 is 2.38 bits per heavy atom. The van der Waals surface area contributed by atoms with Crippen molar-refractivity contribution in [2.45, 2.75) is 6.17 Å². The number of nitrogens with zero attached hydrogens (tertiary/aromatic N) is 1. The summed E-state index contributed by atoms with van der Waals surface area (Å²) in [6.45, 7) is 0. The summed E-state index contributed by atoms with van der Waals surface area (Å²) >= 11 is 12.1. The van der Waals surface area contributed by atoms with Crippen molar-refractivity contribution in [3.05, 3.63) is 27.7 Å². The molecular formula is C11H16Cl2N2O. The van der Waals surface area contributed by atoms with Crippen LogP contribution in [0.5, 0.6) is 5.75 Å². The smallest absolute Gasteiger partial charge is 0.143 e. The van der Waals surface area contributed by atoms with E-state index in [0.29, 0.717) is 15.8 Å². The first kappa shape index (κ1) is 13.6. The molecule has 1 aromatic rings. The fourth-order valence-electron chi connectivity index (χ4n) is 1.69. The van der Waals surface area contributed by atoms with Crippen molar-refractivity contribution in [1.82, 2.24) is 10.2 Å². The molecule has 0 aliphatic rings. The first-order chi connectivity index (χ1) is 7.51. The summed E-state index contributed by atoms with van der Waals surface area (Å²) in [4.78, 5) is 2.02. The van der Waals surface area contributed by atoms with Crippen LogP contribution in [-0.2, 0) is 0 Å². The molecule has 0 radical (unpaired) electrons. The molecule has 1 N–H and O–H groups in total. The molecule has 1 atom stereocenters. The van der Waals surface area contributed by atoms with E-state index < -0.39 is 0 Å². The fourth-order valence-corrected chi connectivity index (χ4v) is 2.28. The predicted octanol–water partition coefficient (Wildman–Crippen LogP) is 2.78. The van der Waals surface area contributed by atoms with Gasteiger partial charge in [-0.3, -0.25) is 4.90 Å². The lowest BCUT2D eigenvalue weighted by molar-refractivity contribution is 0.256. The van der Waals surface area contributed by atoms with Gasteiger partial charge in [-0.15, -0.1) is 0 Å². The quantitative estimate of drug-likeness (QED) is 0.845. The number of nitrogens with one attached hydrogen (secondary N) is 1. The van der Waals surface area contributed by atoms with E-state index in [0.717, 1.165) is 5.56 Å². The summed E-state index contributed by atoms with van der Waals surface area (Å²) in [6.07, 6.45) is 0.00569. The SMILES string of the molecule is CNC(c1cc(Cl)cc(Cl)c1OC)N(C)C. The maximum absolute atomic E-state index is 6.08. The second kappa shape index (κ2) is 5.73. The zero-order valence-electron chi connectivity index (χ0n) is 9.84. The molecule has 3 nitrogen and oxygen atoms in total. The van der Waals surface area contributed by atoms with Crippen LogP contribution in [0, 0.1) is 0 Å². The second-order valence-electron chi connectivity index (χ2n) is 3.66. The van der Waals surface area contributed by atoms with Gasteiger partial charge in [0.25, 0.3) is 0 Å². The highest BCUT2D eigenvalue weighted by Gasteiger charge is 2.19. The first-order valence-electron chi connectivity index (χ1n) is 4.88. The van der Waals surface area contributed by atoms with E-state index in [2.05, 4.69) is 5.32 Å². The maximum Gasteiger partial charge on any atom is 0.143 e. The van der Waals surface area contributed by atoms with Gasteiger partial charge in [-0.1, -0.05) is 23.2 Å². The van der Waals surface area contributed by atoms with Crippen LogP contribution in [0.2, 0.25) is 10.0 Å². The lowest BCUT2D eigenvalue weighted by Crippen LogP contribution is -2.31. The molecule has 0 bridgehead atoms. The number of hydrogen-bond acceptors (Lipinski definition) is 3. The molecule has 0 aliphatic carbocycles. The standard InChI is InChI=1S/C11H16Cl2N2O/c1-14-11(15(2)3)8-5-7(12)6-9(13)10(8)16-4/h5-6,11,14H,1-4H3. The van der Waals surface area contributed by atoms with Gasteiger partial charge in [-0.2, -0.15) is 0 Å². The number of ether oxygens (including phenoxy) is 1. The Morgan fingerprint density at radius 2 is 1.94 bits per heavy atom. The van der Waals surface area contributed by atoms with Crippen LogP contribution >= 0.6 is 23.2 Å². The molecule has 0 spiro atoms. The van der Waals surface area contributed by atoms with Crippen molar-refractivity contribution in [3.63, 3.8) is 0 Å². The van der Waals surface area contributed by atoms with Gasteiger partial charge in [0.2, 0.25) is 0 Å². The number of halogens is 2. The number of hydrogen-bond donors (Lipinski definition) is 1. The second-order valence-corrected chi connectivity index (χ2v) is 4.51. The molecule has 0 aliphatic heterocycles. The maximum atomic E-state index is 6.08.